The highest BCUT2D eigenvalue weighted by Gasteiger charge is 2.39. The van der Waals surface area contributed by atoms with Crippen LogP contribution in [0.15, 0.2) is 58.5 Å². The molecule has 0 N–H and O–H groups in total. The number of nitrogens with zero attached hydrogens (tertiary/aromatic N) is 5. The molecule has 2 aromatic rings. The van der Waals surface area contributed by atoms with E-state index in [1.807, 2.05) is 29.2 Å². The Labute approximate surface area is 189 Å². The third-order valence-electron chi connectivity index (χ3n) is 5.81. The van der Waals surface area contributed by atoms with Crippen molar-refractivity contribution in [3.63, 3.8) is 0 Å². The van der Waals surface area contributed by atoms with E-state index in [0.29, 0.717) is 37.2 Å². The van der Waals surface area contributed by atoms with Gasteiger partial charge in [-0.25, -0.2) is 14.3 Å². The molecule has 1 atom stereocenters. The van der Waals surface area contributed by atoms with Crippen molar-refractivity contribution in [3.8, 4) is 0 Å². The number of amidine groups is 2. The van der Waals surface area contributed by atoms with Crippen LogP contribution >= 0.6 is 11.8 Å². The number of benzene rings is 2. The van der Waals surface area contributed by atoms with E-state index in [-0.39, 0.29) is 23.4 Å². The summed E-state index contributed by atoms with van der Waals surface area (Å²) >= 11 is 1.27. The minimum atomic E-state index is -0.461. The zero-order valence-electron chi connectivity index (χ0n) is 17.6. The van der Waals surface area contributed by atoms with E-state index in [4.69, 9.17) is 0 Å². The molecule has 7 nitrogen and oxygen atoms in total. The average molecular weight is 452 g/mol. The quantitative estimate of drug-likeness (QED) is 0.720. The number of carbonyl (C=O) groups is 2. The van der Waals surface area contributed by atoms with E-state index in [0.717, 1.165) is 16.9 Å². The summed E-state index contributed by atoms with van der Waals surface area (Å²) < 4.78 is 13.2. The predicted molar refractivity (Wildman–Crippen MR) is 124 cm³/mol. The number of aliphatic imine (C=N–C) groups is 2. The van der Waals surface area contributed by atoms with Crippen LogP contribution in [0.4, 0.5) is 15.8 Å². The Kier molecular flexibility index (Phi) is 5.42. The van der Waals surface area contributed by atoms with Crippen LogP contribution in [0.2, 0.25) is 0 Å². The van der Waals surface area contributed by atoms with Crippen molar-refractivity contribution in [2.24, 2.45) is 9.98 Å². The van der Waals surface area contributed by atoms with Crippen molar-refractivity contribution in [2.75, 3.05) is 36.8 Å². The molecule has 9 heteroatoms. The third-order valence-corrected chi connectivity index (χ3v) is 6.73. The lowest BCUT2D eigenvalue weighted by molar-refractivity contribution is -0.128. The Morgan fingerprint density at radius 2 is 1.81 bits per heavy atom. The van der Waals surface area contributed by atoms with E-state index in [1.54, 1.807) is 19.1 Å². The van der Waals surface area contributed by atoms with Gasteiger partial charge in [0.2, 0.25) is 5.91 Å². The summed E-state index contributed by atoms with van der Waals surface area (Å²) in [5, 5.41) is 0.495. The van der Waals surface area contributed by atoms with Crippen LogP contribution in [-0.4, -0.2) is 70.6 Å². The number of hydrogen-bond donors (Lipinski definition) is 0. The second-order valence-electron chi connectivity index (χ2n) is 7.85. The summed E-state index contributed by atoms with van der Waals surface area (Å²) in [4.78, 5) is 40.2. The molecule has 0 bridgehead atoms. The minimum Gasteiger partial charge on any atom is -0.368 e. The molecule has 1 saturated heterocycles. The monoisotopic (exact) mass is 451 g/mol. The highest BCUT2D eigenvalue weighted by molar-refractivity contribution is 8.14. The first-order valence-corrected chi connectivity index (χ1v) is 11.5. The van der Waals surface area contributed by atoms with Gasteiger partial charge in [-0.15, -0.1) is 0 Å². The van der Waals surface area contributed by atoms with Crippen LogP contribution in [0, 0.1) is 5.82 Å². The van der Waals surface area contributed by atoms with Gasteiger partial charge in [-0.2, -0.15) is 0 Å². The second-order valence-corrected chi connectivity index (χ2v) is 8.79. The first kappa shape index (κ1) is 20.7. The molecule has 0 aromatic heterocycles. The van der Waals surface area contributed by atoms with Gasteiger partial charge in [-0.3, -0.25) is 14.6 Å². The fourth-order valence-corrected chi connectivity index (χ4v) is 4.96. The molecule has 3 heterocycles. The van der Waals surface area contributed by atoms with E-state index in [2.05, 4.69) is 14.9 Å². The number of piperazine rings is 1. The first-order chi connectivity index (χ1) is 15.5. The molecular weight excluding hydrogens is 429 g/mol. The number of amides is 2. The lowest BCUT2D eigenvalue weighted by atomic mass is 10.1. The van der Waals surface area contributed by atoms with Gasteiger partial charge in [0, 0.05) is 37.4 Å². The highest BCUT2D eigenvalue weighted by atomic mass is 32.2. The van der Waals surface area contributed by atoms with Crippen LogP contribution < -0.4 is 4.90 Å². The van der Waals surface area contributed by atoms with Gasteiger partial charge in [0.25, 0.3) is 5.91 Å². The normalized spacial score (nSPS) is 20.0. The minimum absolute atomic E-state index is 0.00787. The molecular formula is C23H22FN5O2S. The predicted octanol–water partition coefficient (Wildman–Crippen LogP) is 2.89. The number of hydrogen-bond acceptors (Lipinski definition) is 6. The molecule has 32 heavy (non-hydrogen) atoms. The molecule has 164 valence electrons. The van der Waals surface area contributed by atoms with Crippen molar-refractivity contribution in [1.29, 1.82) is 0 Å². The topological polar surface area (TPSA) is 68.6 Å². The number of rotatable bonds is 3. The van der Waals surface area contributed by atoms with Gasteiger partial charge >= 0.3 is 0 Å². The molecule has 0 unspecified atom stereocenters. The molecule has 0 aliphatic carbocycles. The zero-order chi connectivity index (χ0) is 22.2. The van der Waals surface area contributed by atoms with Crippen LogP contribution in [0.25, 0.3) is 0 Å². The SMILES string of the molecule is C[C@H]1N=C2c3ccccc3N=C(SCC(=O)N3CCN(c4ccc(F)cc4)CC3)N2C1=O. The summed E-state index contributed by atoms with van der Waals surface area (Å²) in [5.41, 5.74) is 2.54. The number of halogens is 1. The number of anilines is 1. The Hall–Kier alpha value is -3.20. The highest BCUT2D eigenvalue weighted by Crippen LogP contribution is 2.33. The van der Waals surface area contributed by atoms with Crippen molar-refractivity contribution in [3.05, 3.63) is 59.9 Å². The van der Waals surface area contributed by atoms with Gasteiger partial charge in [-0.1, -0.05) is 23.9 Å². The number of thioether (sulfide) groups is 1. The van der Waals surface area contributed by atoms with Gasteiger partial charge in [0.15, 0.2) is 5.17 Å². The number of carbonyl (C=O) groups excluding carboxylic acids is 2. The van der Waals surface area contributed by atoms with Crippen LogP contribution in [0.5, 0.6) is 0 Å². The van der Waals surface area contributed by atoms with Crippen molar-refractivity contribution < 1.29 is 14.0 Å². The fraction of sp³-hybridized carbons (Fsp3) is 0.304. The Morgan fingerprint density at radius 3 is 2.56 bits per heavy atom. The Morgan fingerprint density at radius 1 is 1.09 bits per heavy atom. The summed E-state index contributed by atoms with van der Waals surface area (Å²) in [5.74, 6) is 0.431. The van der Waals surface area contributed by atoms with Crippen molar-refractivity contribution in [2.45, 2.75) is 13.0 Å². The zero-order valence-corrected chi connectivity index (χ0v) is 18.4. The first-order valence-electron chi connectivity index (χ1n) is 10.5. The molecule has 5 rings (SSSR count). The maximum absolute atomic E-state index is 13.2. The number of para-hydroxylation sites is 1. The Balaban J connectivity index is 1.23. The summed E-state index contributed by atoms with van der Waals surface area (Å²) in [6.07, 6.45) is 0. The molecule has 3 aliphatic rings. The van der Waals surface area contributed by atoms with E-state index in [1.165, 1.54) is 28.8 Å². The van der Waals surface area contributed by atoms with Crippen molar-refractivity contribution in [1.82, 2.24) is 9.80 Å². The molecule has 0 radical (unpaired) electrons. The molecule has 2 amide bonds. The standard InChI is InChI=1S/C23H22FN5O2S/c1-15-22(31)29-21(25-15)18-4-2-3-5-19(18)26-23(29)32-14-20(30)28-12-10-27(11-13-28)17-8-6-16(24)7-9-17/h2-9,15H,10-14H2,1H3/t15-/m1/s1. The van der Waals surface area contributed by atoms with Crippen LogP contribution in [0.3, 0.4) is 0 Å². The molecule has 3 aliphatic heterocycles. The smallest absolute Gasteiger partial charge is 0.258 e. The van der Waals surface area contributed by atoms with Gasteiger partial charge in [0.05, 0.1) is 11.4 Å². The second kappa shape index (κ2) is 8.38. The summed E-state index contributed by atoms with van der Waals surface area (Å²) in [6.45, 7) is 4.34. The van der Waals surface area contributed by atoms with Gasteiger partial charge in [-0.05, 0) is 43.3 Å². The molecule has 2 aromatic carbocycles. The molecule has 0 spiro atoms. The lowest BCUT2D eigenvalue weighted by Crippen LogP contribution is -2.49. The summed E-state index contributed by atoms with van der Waals surface area (Å²) in [6, 6.07) is 13.5. The third kappa shape index (κ3) is 3.77. The molecule has 1 fully saturated rings. The van der Waals surface area contributed by atoms with Crippen LogP contribution in [0.1, 0.15) is 12.5 Å². The lowest BCUT2D eigenvalue weighted by Gasteiger charge is -2.36. The van der Waals surface area contributed by atoms with Gasteiger partial charge in [0.1, 0.15) is 17.7 Å². The summed E-state index contributed by atoms with van der Waals surface area (Å²) in [7, 11) is 0. The maximum atomic E-state index is 13.2. The Bertz CT molecular complexity index is 1130. The van der Waals surface area contributed by atoms with E-state index < -0.39 is 6.04 Å². The largest absolute Gasteiger partial charge is 0.368 e. The van der Waals surface area contributed by atoms with Gasteiger partial charge < -0.3 is 9.80 Å². The maximum Gasteiger partial charge on any atom is 0.258 e. The van der Waals surface area contributed by atoms with Crippen LogP contribution in [-0.2, 0) is 9.59 Å². The van der Waals surface area contributed by atoms with E-state index >= 15 is 0 Å². The van der Waals surface area contributed by atoms with E-state index in [9.17, 15) is 14.0 Å². The molecule has 0 saturated carbocycles. The fourth-order valence-electron chi connectivity index (χ4n) is 4.06. The van der Waals surface area contributed by atoms with Crippen molar-refractivity contribution >= 4 is 46.0 Å². The average Bonchev–Trinajstić information content (AvgIpc) is 3.12. The number of fused-ring (bicyclic) bond motifs is 3.